The van der Waals surface area contributed by atoms with E-state index >= 15 is 0 Å². The van der Waals surface area contributed by atoms with Crippen molar-refractivity contribution in [2.45, 2.75) is 26.3 Å². The lowest BCUT2D eigenvalue weighted by atomic mass is 10.1. The maximum absolute atomic E-state index is 11.5. The third-order valence-electron chi connectivity index (χ3n) is 2.20. The van der Waals surface area contributed by atoms with Crippen LogP contribution in [0.4, 0.5) is 0 Å². The average Bonchev–Trinajstić information content (AvgIpc) is 2.17. The Morgan fingerprint density at radius 2 is 1.88 bits per heavy atom. The zero-order chi connectivity index (χ0) is 12.2. The molecular weight excluding hydrogens is 246 g/mol. The lowest BCUT2D eigenvalue weighted by Crippen LogP contribution is -2.28. The van der Waals surface area contributed by atoms with E-state index in [0.29, 0.717) is 11.4 Å². The molecule has 90 valence electrons. The Morgan fingerprint density at radius 1 is 1.31 bits per heavy atom. The molecule has 0 fully saturated rings. The second kappa shape index (κ2) is 5.66. The number of hydrogen-bond donors (Lipinski definition) is 1. The van der Waals surface area contributed by atoms with Gasteiger partial charge in [-0.3, -0.25) is 0 Å². The maximum atomic E-state index is 11.5. The number of halogens is 1. The molecule has 0 aliphatic rings. The highest BCUT2D eigenvalue weighted by atomic mass is 35.5. The van der Waals surface area contributed by atoms with E-state index in [1.807, 2.05) is 26.0 Å². The van der Waals surface area contributed by atoms with Crippen LogP contribution in [0, 0.1) is 0 Å². The first-order valence-electron chi connectivity index (χ1n) is 5.20. The first-order chi connectivity index (χ1) is 7.44. The van der Waals surface area contributed by atoms with E-state index in [1.165, 1.54) is 0 Å². The number of benzene rings is 1. The molecule has 1 aromatic rings. The third kappa shape index (κ3) is 4.12. The SMILES string of the molecule is CCCS(=O)(=O)N[C@H](C)c1ccc(Cl)cc1. The molecule has 0 aromatic heterocycles. The van der Waals surface area contributed by atoms with Crippen molar-refractivity contribution in [3.05, 3.63) is 34.9 Å². The van der Waals surface area contributed by atoms with Crippen LogP contribution in [0.5, 0.6) is 0 Å². The zero-order valence-electron chi connectivity index (χ0n) is 9.40. The van der Waals surface area contributed by atoms with Crippen molar-refractivity contribution in [1.82, 2.24) is 4.72 Å². The summed E-state index contributed by atoms with van der Waals surface area (Å²) in [6.07, 6.45) is 0.614. The number of nitrogens with one attached hydrogen (secondary N) is 1. The van der Waals surface area contributed by atoms with Gasteiger partial charge in [0.2, 0.25) is 10.0 Å². The smallest absolute Gasteiger partial charge is 0.212 e. The van der Waals surface area contributed by atoms with Gasteiger partial charge < -0.3 is 0 Å². The van der Waals surface area contributed by atoms with Gasteiger partial charge in [-0.15, -0.1) is 0 Å². The van der Waals surface area contributed by atoms with Crippen LogP contribution in [0.25, 0.3) is 0 Å². The fourth-order valence-corrected chi connectivity index (χ4v) is 2.87. The van der Waals surface area contributed by atoms with E-state index in [1.54, 1.807) is 12.1 Å². The van der Waals surface area contributed by atoms with Gasteiger partial charge in [0.25, 0.3) is 0 Å². The van der Waals surface area contributed by atoms with Crippen molar-refractivity contribution < 1.29 is 8.42 Å². The minimum Gasteiger partial charge on any atom is -0.212 e. The summed E-state index contributed by atoms with van der Waals surface area (Å²) in [5.41, 5.74) is 0.907. The molecule has 3 nitrogen and oxygen atoms in total. The molecule has 0 spiro atoms. The van der Waals surface area contributed by atoms with Gasteiger partial charge >= 0.3 is 0 Å². The lowest BCUT2D eigenvalue weighted by Gasteiger charge is -2.14. The van der Waals surface area contributed by atoms with Crippen LogP contribution >= 0.6 is 11.6 Å². The van der Waals surface area contributed by atoms with Crippen LogP contribution in [0.15, 0.2) is 24.3 Å². The van der Waals surface area contributed by atoms with Crippen LogP contribution in [-0.4, -0.2) is 14.2 Å². The predicted octanol–water partition coefficient (Wildman–Crippen LogP) is 2.73. The Labute approximate surface area is 102 Å². The third-order valence-corrected chi connectivity index (χ3v) is 4.11. The Kier molecular flexibility index (Phi) is 4.77. The molecule has 0 saturated heterocycles. The Balaban J connectivity index is 2.72. The zero-order valence-corrected chi connectivity index (χ0v) is 11.0. The highest BCUT2D eigenvalue weighted by Gasteiger charge is 2.14. The van der Waals surface area contributed by atoms with Gasteiger partial charge in [-0.05, 0) is 31.0 Å². The van der Waals surface area contributed by atoms with E-state index in [9.17, 15) is 8.42 Å². The summed E-state index contributed by atoms with van der Waals surface area (Å²) >= 11 is 5.76. The van der Waals surface area contributed by atoms with E-state index < -0.39 is 10.0 Å². The summed E-state index contributed by atoms with van der Waals surface area (Å²) in [4.78, 5) is 0. The molecular formula is C11H16ClNO2S. The van der Waals surface area contributed by atoms with Crippen molar-refractivity contribution in [1.29, 1.82) is 0 Å². The number of sulfonamides is 1. The van der Waals surface area contributed by atoms with Gasteiger partial charge in [-0.1, -0.05) is 30.7 Å². The van der Waals surface area contributed by atoms with Gasteiger partial charge in [0.15, 0.2) is 0 Å². The van der Waals surface area contributed by atoms with Gasteiger partial charge in [0.05, 0.1) is 5.75 Å². The van der Waals surface area contributed by atoms with Crippen molar-refractivity contribution in [2.24, 2.45) is 0 Å². The highest BCUT2D eigenvalue weighted by molar-refractivity contribution is 7.89. The molecule has 1 atom stereocenters. The topological polar surface area (TPSA) is 46.2 Å². The van der Waals surface area contributed by atoms with Crippen LogP contribution in [0.2, 0.25) is 5.02 Å². The molecule has 0 saturated carbocycles. The van der Waals surface area contributed by atoms with Gasteiger partial charge in [-0.2, -0.15) is 0 Å². The minimum atomic E-state index is -3.17. The summed E-state index contributed by atoms with van der Waals surface area (Å²) < 4.78 is 25.7. The molecule has 0 heterocycles. The molecule has 5 heteroatoms. The fourth-order valence-electron chi connectivity index (χ4n) is 1.42. The Hall–Kier alpha value is -0.580. The summed E-state index contributed by atoms with van der Waals surface area (Å²) in [5.74, 6) is 0.158. The summed E-state index contributed by atoms with van der Waals surface area (Å²) in [5, 5.41) is 0.646. The second-order valence-electron chi connectivity index (χ2n) is 3.71. The van der Waals surface area contributed by atoms with Crippen molar-refractivity contribution >= 4 is 21.6 Å². The molecule has 0 aliphatic heterocycles. The molecule has 1 aromatic carbocycles. The fraction of sp³-hybridized carbons (Fsp3) is 0.455. The molecule has 0 bridgehead atoms. The van der Waals surface area contributed by atoms with Gasteiger partial charge in [-0.25, -0.2) is 13.1 Å². The monoisotopic (exact) mass is 261 g/mol. The van der Waals surface area contributed by atoms with Gasteiger partial charge in [0, 0.05) is 11.1 Å². The van der Waals surface area contributed by atoms with Crippen LogP contribution < -0.4 is 4.72 Å². The molecule has 1 N–H and O–H groups in total. The van der Waals surface area contributed by atoms with Crippen LogP contribution in [-0.2, 0) is 10.0 Å². The van der Waals surface area contributed by atoms with E-state index in [0.717, 1.165) is 5.56 Å². The lowest BCUT2D eigenvalue weighted by molar-refractivity contribution is 0.565. The first kappa shape index (κ1) is 13.5. The summed E-state index contributed by atoms with van der Waals surface area (Å²) in [6, 6.07) is 6.92. The Bertz CT molecular complexity index is 428. The van der Waals surface area contributed by atoms with Crippen molar-refractivity contribution in [3.8, 4) is 0 Å². The van der Waals surface area contributed by atoms with E-state index in [4.69, 9.17) is 11.6 Å². The summed E-state index contributed by atoms with van der Waals surface area (Å²) in [7, 11) is -3.17. The quantitative estimate of drug-likeness (QED) is 0.886. The molecule has 16 heavy (non-hydrogen) atoms. The van der Waals surface area contributed by atoms with Crippen molar-refractivity contribution in [2.75, 3.05) is 5.75 Å². The van der Waals surface area contributed by atoms with E-state index in [2.05, 4.69) is 4.72 Å². The average molecular weight is 262 g/mol. The molecule has 0 unspecified atom stereocenters. The number of hydrogen-bond acceptors (Lipinski definition) is 2. The second-order valence-corrected chi connectivity index (χ2v) is 6.02. The maximum Gasteiger partial charge on any atom is 0.212 e. The molecule has 0 aliphatic carbocycles. The molecule has 0 radical (unpaired) electrons. The molecule has 0 amide bonds. The minimum absolute atomic E-state index is 0.158. The van der Waals surface area contributed by atoms with Crippen LogP contribution in [0.3, 0.4) is 0 Å². The normalized spacial score (nSPS) is 13.7. The Morgan fingerprint density at radius 3 is 2.38 bits per heavy atom. The predicted molar refractivity (Wildman–Crippen MR) is 67.1 cm³/mol. The largest absolute Gasteiger partial charge is 0.212 e. The van der Waals surface area contributed by atoms with Crippen molar-refractivity contribution in [3.63, 3.8) is 0 Å². The molecule has 1 rings (SSSR count). The number of rotatable bonds is 5. The van der Waals surface area contributed by atoms with Crippen LogP contribution in [0.1, 0.15) is 31.9 Å². The summed E-state index contributed by atoms with van der Waals surface area (Å²) in [6.45, 7) is 3.66. The van der Waals surface area contributed by atoms with Gasteiger partial charge in [0.1, 0.15) is 0 Å². The standard InChI is InChI=1S/C11H16ClNO2S/c1-3-8-16(14,15)13-9(2)10-4-6-11(12)7-5-10/h4-7,9,13H,3,8H2,1-2H3/t9-/m1/s1. The first-order valence-corrected chi connectivity index (χ1v) is 7.23. The highest BCUT2D eigenvalue weighted by Crippen LogP contribution is 2.16. The van der Waals surface area contributed by atoms with E-state index in [-0.39, 0.29) is 11.8 Å².